The molecule has 1 heterocycles. The van der Waals surface area contributed by atoms with Crippen molar-refractivity contribution in [1.82, 2.24) is 10.0 Å². The molecule has 0 N–H and O–H groups in total. The number of para-hydroxylation sites is 1. The fourth-order valence-corrected chi connectivity index (χ4v) is 7.63. The molecule has 3 fully saturated rings. The quantitative estimate of drug-likeness (QED) is 0.145. The Hall–Kier alpha value is -3.52. The van der Waals surface area contributed by atoms with Crippen LogP contribution in [0, 0.1) is 43.9 Å². The summed E-state index contributed by atoms with van der Waals surface area (Å²) in [6.45, 7) is -0.787. The van der Waals surface area contributed by atoms with E-state index in [2.05, 4.69) is 31.9 Å². The Labute approximate surface area is 231 Å². The third-order valence-electron chi connectivity index (χ3n) is 7.46. The molecule has 196 valence electrons. The molecule has 0 unspecified atom stereocenters. The Bertz CT molecular complexity index is 1370. The van der Waals surface area contributed by atoms with Gasteiger partial charge in [0.15, 0.2) is 5.78 Å². The number of hydrogen-bond acceptors (Lipinski definition) is 8. The number of rotatable bonds is 7. The number of carbonyl (C=O) groups is 4. The molecule has 5 rings (SSSR count). The average molecular weight is 650 g/mol. The summed E-state index contributed by atoms with van der Waals surface area (Å²) in [4.78, 5) is 75.2. The number of Topliss-reactive ketones (excluding diaryl/α,β-unsaturated/α-hetero) is 1. The Kier molecular flexibility index (Phi) is 6.63. The maximum Gasteiger partial charge on any atom is 0.282 e. The van der Waals surface area contributed by atoms with Crippen LogP contribution in [0.4, 0.5) is 11.4 Å². The first kappa shape index (κ1) is 26.1. The number of halogens is 2. The average Bonchev–Trinajstić information content (AvgIpc) is 3.51. The van der Waals surface area contributed by atoms with Crippen molar-refractivity contribution in [2.24, 2.45) is 23.7 Å². The highest BCUT2D eigenvalue weighted by molar-refractivity contribution is 9.12. The van der Waals surface area contributed by atoms with Crippen molar-refractivity contribution < 1.29 is 29.0 Å². The largest absolute Gasteiger partial charge is 0.292 e. The summed E-state index contributed by atoms with van der Waals surface area (Å²) in [5.74, 6) is -4.77. The summed E-state index contributed by atoms with van der Waals surface area (Å²) in [6.07, 6.45) is 0.645. The highest BCUT2D eigenvalue weighted by Crippen LogP contribution is 2.60. The van der Waals surface area contributed by atoms with Crippen molar-refractivity contribution in [3.8, 4) is 0 Å². The molecule has 14 heteroatoms. The van der Waals surface area contributed by atoms with Crippen LogP contribution in [-0.4, -0.2) is 59.6 Å². The molecule has 2 aliphatic carbocycles. The van der Waals surface area contributed by atoms with Crippen LogP contribution in [0.25, 0.3) is 0 Å². The number of nitro groups is 2. The lowest BCUT2D eigenvalue weighted by atomic mass is 9.81. The number of hydrazine groups is 1. The minimum Gasteiger partial charge on any atom is -0.292 e. The number of alkyl halides is 2. The molecule has 0 spiro atoms. The molecule has 2 aromatic carbocycles. The van der Waals surface area contributed by atoms with Crippen molar-refractivity contribution in [3.05, 3.63) is 79.9 Å². The van der Waals surface area contributed by atoms with E-state index >= 15 is 0 Å². The lowest BCUT2D eigenvalue weighted by Crippen LogP contribution is -2.52. The Balaban J connectivity index is 1.53. The topological polar surface area (TPSA) is 161 Å². The highest BCUT2D eigenvalue weighted by Gasteiger charge is 2.67. The van der Waals surface area contributed by atoms with Crippen molar-refractivity contribution in [3.63, 3.8) is 0 Å². The van der Waals surface area contributed by atoms with Crippen LogP contribution in [-0.2, 0) is 9.59 Å². The molecule has 2 saturated carbocycles. The Morgan fingerprint density at radius 3 is 1.97 bits per heavy atom. The summed E-state index contributed by atoms with van der Waals surface area (Å²) >= 11 is 7.19. The first-order valence-corrected chi connectivity index (χ1v) is 13.3. The van der Waals surface area contributed by atoms with Crippen LogP contribution in [0.5, 0.6) is 0 Å². The van der Waals surface area contributed by atoms with Gasteiger partial charge in [0.2, 0.25) is 0 Å². The van der Waals surface area contributed by atoms with E-state index in [1.54, 1.807) is 0 Å². The number of benzene rings is 2. The van der Waals surface area contributed by atoms with Gasteiger partial charge in [0.1, 0.15) is 12.1 Å². The van der Waals surface area contributed by atoms with Crippen LogP contribution >= 0.6 is 31.9 Å². The van der Waals surface area contributed by atoms with Gasteiger partial charge in [-0.05, 0) is 36.5 Å². The Morgan fingerprint density at radius 1 is 0.895 bits per heavy atom. The third-order valence-corrected chi connectivity index (χ3v) is 10.7. The van der Waals surface area contributed by atoms with Crippen molar-refractivity contribution in [2.75, 3.05) is 6.54 Å². The van der Waals surface area contributed by atoms with Gasteiger partial charge >= 0.3 is 0 Å². The van der Waals surface area contributed by atoms with E-state index < -0.39 is 63.0 Å². The molecule has 2 bridgehead atoms. The van der Waals surface area contributed by atoms with Crippen LogP contribution in [0.2, 0.25) is 0 Å². The molecular formula is C24H18Br2N4O8. The van der Waals surface area contributed by atoms with E-state index in [-0.39, 0.29) is 32.7 Å². The van der Waals surface area contributed by atoms with E-state index in [0.717, 1.165) is 18.2 Å². The number of nitrogens with zero attached hydrogens (tertiary/aromatic N) is 4. The molecule has 38 heavy (non-hydrogen) atoms. The zero-order valence-corrected chi connectivity index (χ0v) is 22.5. The van der Waals surface area contributed by atoms with Gasteiger partial charge in [0.05, 0.1) is 21.7 Å². The van der Waals surface area contributed by atoms with E-state index in [1.807, 2.05) is 0 Å². The first-order chi connectivity index (χ1) is 18.0. The minimum atomic E-state index is -1.06. The van der Waals surface area contributed by atoms with Crippen molar-refractivity contribution in [1.29, 1.82) is 0 Å². The molecule has 3 amide bonds. The summed E-state index contributed by atoms with van der Waals surface area (Å²) < 4.78 is 0. The van der Waals surface area contributed by atoms with Gasteiger partial charge in [-0.15, -0.1) is 0 Å². The fraction of sp³-hybridized carbons (Fsp3) is 0.333. The highest BCUT2D eigenvalue weighted by atomic mass is 79.9. The number of non-ortho nitro benzene ring substituents is 1. The van der Waals surface area contributed by atoms with Gasteiger partial charge in [0.25, 0.3) is 29.1 Å². The maximum atomic E-state index is 13.7. The first-order valence-electron chi connectivity index (χ1n) is 11.5. The smallest absolute Gasteiger partial charge is 0.282 e. The molecular weight excluding hydrogens is 632 g/mol. The summed E-state index contributed by atoms with van der Waals surface area (Å²) in [7, 11) is 0. The predicted octanol–water partition coefficient (Wildman–Crippen LogP) is 3.52. The zero-order valence-electron chi connectivity index (χ0n) is 19.3. The number of amides is 3. The van der Waals surface area contributed by atoms with Gasteiger partial charge in [-0.3, -0.25) is 39.4 Å². The van der Waals surface area contributed by atoms with Crippen LogP contribution in [0.15, 0.2) is 48.5 Å². The lowest BCUT2D eigenvalue weighted by molar-refractivity contribution is -0.385. The number of fused-ring (bicyclic) bond motifs is 5. The summed E-state index contributed by atoms with van der Waals surface area (Å²) in [5.41, 5.74) is -1.20. The van der Waals surface area contributed by atoms with Crippen LogP contribution in [0.1, 0.15) is 27.1 Å². The minimum absolute atomic E-state index is 0.00337. The SMILES string of the molecule is O=C(CN(C(=O)c1ccccc1[N+](=O)[O-])N1C(=O)[C@@H]2[C@H]3C[C@@H]([C@H](Br)[C@H]3Br)[C@H]2C1=O)c1ccc([N+](=O)[O-])cc1. The van der Waals surface area contributed by atoms with Gasteiger partial charge < -0.3 is 0 Å². The number of nitro benzene ring substituents is 2. The second kappa shape index (κ2) is 9.66. The van der Waals surface area contributed by atoms with E-state index in [9.17, 15) is 39.4 Å². The van der Waals surface area contributed by atoms with E-state index in [1.165, 1.54) is 30.3 Å². The summed E-state index contributed by atoms with van der Waals surface area (Å²) in [5, 5.41) is 23.9. The van der Waals surface area contributed by atoms with Gasteiger partial charge in [-0.2, -0.15) is 5.01 Å². The standard InChI is InChI=1S/C24H18Br2N4O8/c25-20-14-9-15(21(20)26)19-18(14)23(33)28(24(19)34)27(22(32)13-3-1-2-4-16(13)30(37)38)10-17(31)11-5-7-12(8-6-11)29(35)36/h1-8,14-15,18-21H,9-10H2/t14-,15-,18-,19-,20+,21+/m1/s1. The fourth-order valence-electron chi connectivity index (χ4n) is 5.75. The molecule has 0 radical (unpaired) electrons. The van der Waals surface area contributed by atoms with Crippen LogP contribution < -0.4 is 0 Å². The molecule has 3 aliphatic rings. The van der Waals surface area contributed by atoms with E-state index in [0.29, 0.717) is 16.4 Å². The van der Waals surface area contributed by atoms with Gasteiger partial charge in [-0.25, -0.2) is 5.01 Å². The number of imide groups is 1. The van der Waals surface area contributed by atoms with E-state index in [4.69, 9.17) is 0 Å². The normalized spacial score (nSPS) is 27.4. The zero-order chi connectivity index (χ0) is 27.5. The lowest BCUT2D eigenvalue weighted by Gasteiger charge is -2.30. The predicted molar refractivity (Wildman–Crippen MR) is 137 cm³/mol. The second-order valence-electron chi connectivity index (χ2n) is 9.36. The maximum absolute atomic E-state index is 13.7. The molecule has 1 aliphatic heterocycles. The molecule has 0 aromatic heterocycles. The number of hydrogen-bond donors (Lipinski definition) is 0. The van der Waals surface area contributed by atoms with Crippen LogP contribution in [0.3, 0.4) is 0 Å². The molecule has 12 nitrogen and oxygen atoms in total. The third kappa shape index (κ3) is 4.02. The Morgan fingerprint density at radius 2 is 1.45 bits per heavy atom. The second-order valence-corrected chi connectivity index (χ2v) is 11.5. The van der Waals surface area contributed by atoms with Gasteiger partial charge in [0, 0.05) is 33.4 Å². The molecule has 1 saturated heterocycles. The molecule has 2 aromatic rings. The monoisotopic (exact) mass is 648 g/mol. The molecule has 6 atom stereocenters. The number of ketones is 1. The van der Waals surface area contributed by atoms with Crippen molar-refractivity contribution in [2.45, 2.75) is 16.1 Å². The summed E-state index contributed by atoms with van der Waals surface area (Å²) in [6, 6.07) is 9.66. The number of carbonyl (C=O) groups excluding carboxylic acids is 4. The van der Waals surface area contributed by atoms with Crippen molar-refractivity contribution >= 4 is 66.7 Å². The van der Waals surface area contributed by atoms with Gasteiger partial charge in [-0.1, -0.05) is 44.0 Å².